The van der Waals surface area contributed by atoms with Crippen molar-refractivity contribution < 1.29 is 4.39 Å². The van der Waals surface area contributed by atoms with Gasteiger partial charge in [-0.3, -0.25) is 4.39 Å². The Balaban J connectivity index is 2.66. The first-order valence-electron chi connectivity index (χ1n) is 5.01. The molecule has 0 aliphatic rings. The summed E-state index contributed by atoms with van der Waals surface area (Å²) >= 11 is 0. The molecule has 0 N–H and O–H groups in total. The van der Waals surface area contributed by atoms with Crippen molar-refractivity contribution in [1.82, 2.24) is 0 Å². The zero-order valence-electron chi connectivity index (χ0n) is 8.22. The molecular formula is C12H17F. The molecule has 0 saturated carbocycles. The fraction of sp³-hybridized carbons (Fsp3) is 0.500. The van der Waals surface area contributed by atoms with Gasteiger partial charge in [0.2, 0.25) is 0 Å². The van der Waals surface area contributed by atoms with E-state index in [4.69, 9.17) is 0 Å². The van der Waals surface area contributed by atoms with Crippen molar-refractivity contribution in [3.63, 3.8) is 0 Å². The van der Waals surface area contributed by atoms with Crippen LogP contribution in [-0.4, -0.2) is 6.67 Å². The van der Waals surface area contributed by atoms with Crippen LogP contribution in [0.2, 0.25) is 0 Å². The van der Waals surface area contributed by atoms with Crippen LogP contribution >= 0.6 is 0 Å². The number of alkyl halides is 1. The Bertz CT molecular complexity index is 243. The summed E-state index contributed by atoms with van der Waals surface area (Å²) in [5, 5.41) is 0. The van der Waals surface area contributed by atoms with Gasteiger partial charge in [0.1, 0.15) is 0 Å². The summed E-state index contributed by atoms with van der Waals surface area (Å²) in [5.41, 5.74) is 2.71. The van der Waals surface area contributed by atoms with Crippen LogP contribution in [0.4, 0.5) is 4.39 Å². The number of rotatable bonds is 5. The maximum Gasteiger partial charge on any atom is 0.0897 e. The molecule has 72 valence electrons. The van der Waals surface area contributed by atoms with Crippen molar-refractivity contribution in [2.24, 2.45) is 0 Å². The van der Waals surface area contributed by atoms with E-state index in [1.54, 1.807) is 0 Å². The Morgan fingerprint density at radius 3 is 2.23 bits per heavy atom. The zero-order valence-corrected chi connectivity index (χ0v) is 8.22. The van der Waals surface area contributed by atoms with Crippen LogP contribution in [0.15, 0.2) is 24.3 Å². The lowest BCUT2D eigenvalue weighted by Gasteiger charge is -2.06. The maximum atomic E-state index is 12.0. The highest BCUT2D eigenvalue weighted by Gasteiger charge is 1.99. The fourth-order valence-corrected chi connectivity index (χ4v) is 1.57. The van der Waals surface area contributed by atoms with Gasteiger partial charge >= 0.3 is 0 Å². The molecule has 0 amide bonds. The molecule has 13 heavy (non-hydrogen) atoms. The molecule has 0 aromatic heterocycles. The molecule has 0 aliphatic carbocycles. The van der Waals surface area contributed by atoms with Crippen molar-refractivity contribution in [1.29, 1.82) is 0 Å². The lowest BCUT2D eigenvalue weighted by atomic mass is 10.00. The van der Waals surface area contributed by atoms with Gasteiger partial charge in [0.15, 0.2) is 0 Å². The third-order valence-corrected chi connectivity index (χ3v) is 2.22. The van der Waals surface area contributed by atoms with E-state index in [1.807, 2.05) is 6.07 Å². The molecular weight excluding hydrogens is 163 g/mol. The summed E-state index contributed by atoms with van der Waals surface area (Å²) in [5.74, 6) is 0. The first-order chi connectivity index (χ1) is 6.38. The second-order valence-corrected chi connectivity index (χ2v) is 3.31. The Kier molecular flexibility index (Phi) is 4.52. The smallest absolute Gasteiger partial charge is 0.0897 e. The minimum Gasteiger partial charge on any atom is -0.251 e. The normalized spacial score (nSPS) is 10.3. The first-order valence-corrected chi connectivity index (χ1v) is 5.01. The second-order valence-electron chi connectivity index (χ2n) is 3.31. The van der Waals surface area contributed by atoms with Crippen LogP contribution in [0.3, 0.4) is 0 Å². The molecule has 1 aromatic carbocycles. The Hall–Kier alpha value is -0.850. The van der Waals surface area contributed by atoms with Crippen molar-refractivity contribution in [3.05, 3.63) is 35.4 Å². The quantitative estimate of drug-likeness (QED) is 0.650. The molecule has 1 aromatic rings. The van der Waals surface area contributed by atoms with Crippen molar-refractivity contribution in [2.45, 2.75) is 32.6 Å². The fourth-order valence-electron chi connectivity index (χ4n) is 1.57. The van der Waals surface area contributed by atoms with Gasteiger partial charge in [0, 0.05) is 0 Å². The Morgan fingerprint density at radius 1 is 1.08 bits per heavy atom. The highest BCUT2D eigenvalue weighted by Crippen LogP contribution is 2.12. The van der Waals surface area contributed by atoms with Gasteiger partial charge in [0.25, 0.3) is 0 Å². The van der Waals surface area contributed by atoms with Gasteiger partial charge in [-0.2, -0.15) is 0 Å². The minimum atomic E-state index is -0.208. The Labute approximate surface area is 79.8 Å². The van der Waals surface area contributed by atoms with Crippen molar-refractivity contribution in [3.8, 4) is 0 Å². The molecule has 0 atom stereocenters. The number of hydrogen-bond acceptors (Lipinski definition) is 0. The third-order valence-electron chi connectivity index (χ3n) is 2.22. The molecule has 0 fully saturated rings. The Morgan fingerprint density at radius 2 is 1.69 bits per heavy atom. The number of halogens is 1. The van der Waals surface area contributed by atoms with Crippen LogP contribution in [0.1, 0.15) is 30.9 Å². The third kappa shape index (κ3) is 3.17. The highest BCUT2D eigenvalue weighted by molar-refractivity contribution is 5.27. The first kappa shape index (κ1) is 10.2. The number of benzene rings is 1. The minimum absolute atomic E-state index is 0.208. The molecule has 0 saturated heterocycles. The van der Waals surface area contributed by atoms with Crippen LogP contribution in [0.5, 0.6) is 0 Å². The van der Waals surface area contributed by atoms with Gasteiger partial charge < -0.3 is 0 Å². The second kappa shape index (κ2) is 5.74. The molecule has 0 unspecified atom stereocenters. The van der Waals surface area contributed by atoms with Gasteiger partial charge in [-0.25, -0.2) is 0 Å². The van der Waals surface area contributed by atoms with E-state index >= 15 is 0 Å². The monoisotopic (exact) mass is 180 g/mol. The predicted molar refractivity (Wildman–Crippen MR) is 54.7 cm³/mol. The van der Waals surface area contributed by atoms with Gasteiger partial charge in [-0.05, 0) is 30.4 Å². The SMILES string of the molecule is CCCc1ccccc1CCCF. The molecule has 0 radical (unpaired) electrons. The van der Waals surface area contributed by atoms with Crippen molar-refractivity contribution >= 4 is 0 Å². The zero-order chi connectivity index (χ0) is 9.52. The summed E-state index contributed by atoms with van der Waals surface area (Å²) in [4.78, 5) is 0. The average Bonchev–Trinajstić information content (AvgIpc) is 2.17. The maximum absolute atomic E-state index is 12.0. The molecule has 0 nitrogen and oxygen atoms in total. The van der Waals surface area contributed by atoms with Crippen LogP contribution in [0, 0.1) is 0 Å². The van der Waals surface area contributed by atoms with Crippen LogP contribution < -0.4 is 0 Å². The predicted octanol–water partition coefficient (Wildman–Crippen LogP) is 3.54. The van der Waals surface area contributed by atoms with E-state index in [0.29, 0.717) is 6.42 Å². The number of hydrogen-bond donors (Lipinski definition) is 0. The number of aryl methyl sites for hydroxylation is 2. The topological polar surface area (TPSA) is 0 Å². The van der Waals surface area contributed by atoms with E-state index in [-0.39, 0.29) is 6.67 Å². The van der Waals surface area contributed by atoms with Gasteiger partial charge in [0.05, 0.1) is 6.67 Å². The summed E-state index contributed by atoms with van der Waals surface area (Å²) in [6.45, 7) is 1.96. The van der Waals surface area contributed by atoms with Gasteiger partial charge in [-0.15, -0.1) is 0 Å². The van der Waals surface area contributed by atoms with Gasteiger partial charge in [-0.1, -0.05) is 37.6 Å². The van der Waals surface area contributed by atoms with Crippen LogP contribution in [0.25, 0.3) is 0 Å². The van der Waals surface area contributed by atoms with Crippen molar-refractivity contribution in [2.75, 3.05) is 6.67 Å². The van der Waals surface area contributed by atoms with Crippen LogP contribution in [-0.2, 0) is 12.8 Å². The largest absolute Gasteiger partial charge is 0.251 e. The van der Waals surface area contributed by atoms with E-state index < -0.39 is 0 Å². The molecule has 0 spiro atoms. The summed E-state index contributed by atoms with van der Waals surface area (Å²) < 4.78 is 12.0. The highest BCUT2D eigenvalue weighted by atomic mass is 19.1. The van der Waals surface area contributed by atoms with E-state index in [2.05, 4.69) is 25.1 Å². The van der Waals surface area contributed by atoms with E-state index in [0.717, 1.165) is 19.3 Å². The molecule has 0 aliphatic heterocycles. The molecule has 0 bridgehead atoms. The average molecular weight is 180 g/mol. The molecule has 1 rings (SSSR count). The summed E-state index contributed by atoms with van der Waals surface area (Å²) in [7, 11) is 0. The molecule has 1 heteroatoms. The lowest BCUT2D eigenvalue weighted by Crippen LogP contribution is -1.94. The van der Waals surface area contributed by atoms with E-state index in [9.17, 15) is 4.39 Å². The standard InChI is InChI=1S/C12H17F/c1-2-6-11-7-3-4-8-12(11)9-5-10-13/h3-4,7-8H,2,5-6,9-10H2,1H3. The molecule has 0 heterocycles. The summed E-state index contributed by atoms with van der Waals surface area (Å²) in [6.07, 6.45) is 3.81. The van der Waals surface area contributed by atoms with E-state index in [1.165, 1.54) is 11.1 Å². The summed E-state index contributed by atoms with van der Waals surface area (Å²) in [6, 6.07) is 8.36. The lowest BCUT2D eigenvalue weighted by molar-refractivity contribution is 0.472.